The average Bonchev–Trinajstić information content (AvgIpc) is 2.60. The second-order valence-electron chi connectivity index (χ2n) is 5.98. The van der Waals surface area contributed by atoms with Crippen molar-refractivity contribution >= 4 is 16.1 Å². The lowest BCUT2D eigenvalue weighted by atomic mass is 10.1. The van der Waals surface area contributed by atoms with Gasteiger partial charge in [0.2, 0.25) is 0 Å². The van der Waals surface area contributed by atoms with Gasteiger partial charge in [-0.05, 0) is 37.1 Å². The lowest BCUT2D eigenvalue weighted by molar-refractivity contribution is 0.0950. The highest BCUT2D eigenvalue weighted by molar-refractivity contribution is 7.86. The van der Waals surface area contributed by atoms with Crippen LogP contribution in [0.1, 0.15) is 23.2 Å². The van der Waals surface area contributed by atoms with Crippen molar-refractivity contribution in [3.05, 3.63) is 29.8 Å². The third-order valence-electron chi connectivity index (χ3n) is 3.99. The van der Waals surface area contributed by atoms with E-state index in [0.29, 0.717) is 37.2 Å². The van der Waals surface area contributed by atoms with Gasteiger partial charge in [-0.25, -0.2) is 4.39 Å². The third-order valence-corrected chi connectivity index (χ3v) is 5.93. The van der Waals surface area contributed by atoms with Gasteiger partial charge in [-0.3, -0.25) is 4.79 Å². The predicted molar refractivity (Wildman–Crippen MR) is 92.6 cm³/mol. The fraction of sp³-hybridized carbons (Fsp3) is 0.562. The number of rotatable bonds is 7. The molecule has 0 aromatic heterocycles. The lowest BCUT2D eigenvalue weighted by Crippen LogP contribution is -2.46. The highest BCUT2D eigenvalue weighted by Crippen LogP contribution is 2.21. The number of ether oxygens (including phenoxy) is 1. The van der Waals surface area contributed by atoms with E-state index < -0.39 is 16.9 Å². The van der Waals surface area contributed by atoms with Crippen molar-refractivity contribution in [2.45, 2.75) is 18.9 Å². The first kappa shape index (κ1) is 19.6. The number of hydrogen-bond acceptors (Lipinski definition) is 4. The van der Waals surface area contributed by atoms with Crippen LogP contribution in [0.15, 0.2) is 24.3 Å². The van der Waals surface area contributed by atoms with Crippen molar-refractivity contribution in [3.8, 4) is 5.75 Å². The van der Waals surface area contributed by atoms with Crippen LogP contribution in [0.5, 0.6) is 5.75 Å². The molecule has 25 heavy (non-hydrogen) atoms. The Morgan fingerprint density at radius 2 is 1.88 bits per heavy atom. The van der Waals surface area contributed by atoms with Crippen LogP contribution >= 0.6 is 0 Å². The summed E-state index contributed by atoms with van der Waals surface area (Å²) >= 11 is 0. The first-order valence-corrected chi connectivity index (χ1v) is 9.52. The summed E-state index contributed by atoms with van der Waals surface area (Å²) in [6, 6.07) is 6.61. The number of hydrogen-bond donors (Lipinski definition) is 1. The molecule has 0 bridgehead atoms. The van der Waals surface area contributed by atoms with Crippen molar-refractivity contribution in [2.75, 3.05) is 40.4 Å². The maximum absolute atomic E-state index is 12.1. The molecular weight excluding hydrogens is 349 g/mol. The van der Waals surface area contributed by atoms with Gasteiger partial charge in [0.25, 0.3) is 16.1 Å². The Bertz CT molecular complexity index is 671. The number of amides is 1. The maximum atomic E-state index is 12.1. The summed E-state index contributed by atoms with van der Waals surface area (Å²) < 4.78 is 44.7. The van der Waals surface area contributed by atoms with Gasteiger partial charge in [0.15, 0.2) is 0 Å². The zero-order valence-electron chi connectivity index (χ0n) is 14.4. The van der Waals surface area contributed by atoms with Crippen molar-refractivity contribution < 1.29 is 22.3 Å². The molecule has 1 amide bonds. The molecule has 0 unspecified atom stereocenters. The van der Waals surface area contributed by atoms with E-state index in [-0.39, 0.29) is 18.6 Å². The van der Waals surface area contributed by atoms with Crippen LogP contribution in [0.2, 0.25) is 0 Å². The molecule has 1 heterocycles. The Balaban J connectivity index is 1.87. The van der Waals surface area contributed by atoms with Crippen LogP contribution < -0.4 is 10.1 Å². The molecule has 140 valence electrons. The van der Waals surface area contributed by atoms with E-state index in [0.717, 1.165) is 0 Å². The van der Waals surface area contributed by atoms with Crippen LogP contribution in [0, 0.1) is 0 Å². The van der Waals surface area contributed by atoms with Crippen LogP contribution in [0.3, 0.4) is 0 Å². The molecule has 1 aromatic rings. The van der Waals surface area contributed by atoms with E-state index in [4.69, 9.17) is 4.74 Å². The topological polar surface area (TPSA) is 79.0 Å². The van der Waals surface area contributed by atoms with E-state index in [9.17, 15) is 17.6 Å². The summed E-state index contributed by atoms with van der Waals surface area (Å²) in [5.41, 5.74) is 0.438. The summed E-state index contributed by atoms with van der Waals surface area (Å²) in [5, 5.41) is 2.46. The maximum Gasteiger partial charge on any atom is 0.281 e. The molecule has 0 saturated carbocycles. The molecule has 1 aromatic carbocycles. The van der Waals surface area contributed by atoms with E-state index in [1.165, 1.54) is 22.7 Å². The number of benzene rings is 1. The van der Waals surface area contributed by atoms with Gasteiger partial charge in [0, 0.05) is 39.3 Å². The molecule has 9 heteroatoms. The van der Waals surface area contributed by atoms with E-state index in [2.05, 4.69) is 5.32 Å². The zero-order chi connectivity index (χ0) is 18.4. The number of piperidine rings is 1. The minimum Gasteiger partial charge on any atom is -0.490 e. The van der Waals surface area contributed by atoms with E-state index in [1.54, 1.807) is 24.3 Å². The molecule has 1 aliphatic rings. The van der Waals surface area contributed by atoms with Gasteiger partial charge in [-0.15, -0.1) is 0 Å². The van der Waals surface area contributed by atoms with Gasteiger partial charge < -0.3 is 10.1 Å². The second-order valence-corrected chi connectivity index (χ2v) is 8.12. The molecule has 0 aliphatic carbocycles. The molecule has 1 N–H and O–H groups in total. The standard InChI is InChI=1S/C16H24FN3O4S/c1-19(2)25(22,23)20-11-7-15(8-12-20)24-14-5-3-13(4-6-14)16(21)18-10-9-17/h3-6,15H,7-12H2,1-2H3,(H,18,21). The normalized spacial score (nSPS) is 16.8. The number of nitrogens with one attached hydrogen (secondary N) is 1. The number of nitrogens with zero attached hydrogens (tertiary/aromatic N) is 2. The van der Waals surface area contributed by atoms with Crippen molar-refractivity contribution in [3.63, 3.8) is 0 Å². The first-order valence-electron chi connectivity index (χ1n) is 8.13. The SMILES string of the molecule is CN(C)S(=O)(=O)N1CCC(Oc2ccc(C(=O)NCCF)cc2)CC1. The molecule has 1 saturated heterocycles. The van der Waals surface area contributed by atoms with E-state index >= 15 is 0 Å². The molecule has 0 spiro atoms. The number of halogens is 1. The largest absolute Gasteiger partial charge is 0.490 e. The highest BCUT2D eigenvalue weighted by atomic mass is 32.2. The molecule has 0 radical (unpaired) electrons. The smallest absolute Gasteiger partial charge is 0.281 e. The minimum absolute atomic E-state index is 0.00842. The van der Waals surface area contributed by atoms with Crippen molar-refractivity contribution in [2.24, 2.45) is 0 Å². The summed E-state index contributed by atoms with van der Waals surface area (Å²) in [7, 11) is -0.345. The molecule has 7 nitrogen and oxygen atoms in total. The molecule has 1 fully saturated rings. The third kappa shape index (κ3) is 5.13. The highest BCUT2D eigenvalue weighted by Gasteiger charge is 2.30. The minimum atomic E-state index is -3.38. The Morgan fingerprint density at radius 3 is 2.40 bits per heavy atom. The number of carbonyl (C=O) groups excluding carboxylic acids is 1. The fourth-order valence-electron chi connectivity index (χ4n) is 2.55. The second kappa shape index (κ2) is 8.59. The summed E-state index contributed by atoms with van der Waals surface area (Å²) in [5.74, 6) is 0.294. The Hall–Kier alpha value is -1.71. The number of alkyl halides is 1. The molecular formula is C16H24FN3O4S. The van der Waals surface area contributed by atoms with Crippen molar-refractivity contribution in [1.29, 1.82) is 0 Å². The predicted octanol–water partition coefficient (Wildman–Crippen LogP) is 1.04. The van der Waals surface area contributed by atoms with Crippen molar-refractivity contribution in [1.82, 2.24) is 13.9 Å². The molecule has 1 aliphatic heterocycles. The Labute approximate surface area is 147 Å². The van der Waals surface area contributed by atoms with Gasteiger partial charge in [-0.1, -0.05) is 0 Å². The van der Waals surface area contributed by atoms with Gasteiger partial charge >= 0.3 is 0 Å². The van der Waals surface area contributed by atoms with Crippen LogP contribution in [0.25, 0.3) is 0 Å². The summed E-state index contributed by atoms with van der Waals surface area (Å²) in [4.78, 5) is 11.7. The Kier molecular flexibility index (Phi) is 6.74. The van der Waals surface area contributed by atoms with Crippen LogP contribution in [0.4, 0.5) is 4.39 Å². The lowest BCUT2D eigenvalue weighted by Gasteiger charge is -2.32. The summed E-state index contributed by atoms with van der Waals surface area (Å²) in [6.07, 6.45) is 1.14. The molecule has 2 rings (SSSR count). The Morgan fingerprint density at radius 1 is 1.28 bits per heavy atom. The average molecular weight is 373 g/mol. The zero-order valence-corrected chi connectivity index (χ0v) is 15.3. The fourth-order valence-corrected chi connectivity index (χ4v) is 3.69. The first-order chi connectivity index (χ1) is 11.8. The monoisotopic (exact) mass is 373 g/mol. The molecule has 0 atom stereocenters. The quantitative estimate of drug-likeness (QED) is 0.774. The van der Waals surface area contributed by atoms with Gasteiger partial charge in [0.05, 0.1) is 0 Å². The van der Waals surface area contributed by atoms with Crippen LogP contribution in [-0.2, 0) is 10.2 Å². The van der Waals surface area contributed by atoms with Gasteiger partial charge in [-0.2, -0.15) is 17.0 Å². The van der Waals surface area contributed by atoms with E-state index in [1.807, 2.05) is 0 Å². The summed E-state index contributed by atoms with van der Waals surface area (Å²) in [6.45, 7) is 0.213. The number of carbonyl (C=O) groups is 1. The van der Waals surface area contributed by atoms with Gasteiger partial charge in [0.1, 0.15) is 18.5 Å². The van der Waals surface area contributed by atoms with Crippen LogP contribution in [-0.4, -0.2) is 69.4 Å².